The Morgan fingerprint density at radius 3 is 2.54 bits per heavy atom. The van der Waals surface area contributed by atoms with Crippen LogP contribution in [0, 0.1) is 0 Å². The first-order chi connectivity index (χ1) is 12.5. The van der Waals surface area contributed by atoms with Gasteiger partial charge in [-0.05, 0) is 48.9 Å². The van der Waals surface area contributed by atoms with Crippen LogP contribution in [-0.4, -0.2) is 46.0 Å². The second-order valence-electron chi connectivity index (χ2n) is 6.41. The zero-order valence-electron chi connectivity index (χ0n) is 14.4. The Morgan fingerprint density at radius 1 is 1.15 bits per heavy atom. The van der Waals surface area contributed by atoms with Crippen LogP contribution in [-0.2, 0) is 4.74 Å². The molecule has 1 aliphatic rings. The zero-order valence-corrected chi connectivity index (χ0v) is 14.4. The van der Waals surface area contributed by atoms with Crippen LogP contribution in [0.25, 0.3) is 0 Å². The number of aliphatic hydroxyl groups is 3. The van der Waals surface area contributed by atoms with Gasteiger partial charge in [-0.1, -0.05) is 12.1 Å². The molecule has 0 bridgehead atoms. The van der Waals surface area contributed by atoms with Gasteiger partial charge in [-0.25, -0.2) is 0 Å². The molecule has 0 spiro atoms. The standard InChI is InChI=1S/C20H22O6/c1-12(22)13-5-7-15(8-6-13)25-16-4-2-3-14(9-16)20-19(24)18(23)10-17(11-21)26-20/h2-9,17-21,23-24H,10-11H2,1H3/t17-,18-,19-,20+/m0/s1. The number of hydrogen-bond donors (Lipinski definition) is 3. The predicted molar refractivity (Wildman–Crippen MR) is 94.3 cm³/mol. The molecule has 1 aliphatic heterocycles. The van der Waals surface area contributed by atoms with Gasteiger partial charge in [0.15, 0.2) is 5.78 Å². The maximum atomic E-state index is 11.3. The van der Waals surface area contributed by atoms with Gasteiger partial charge in [0.25, 0.3) is 0 Å². The Balaban J connectivity index is 1.78. The summed E-state index contributed by atoms with van der Waals surface area (Å²) in [5, 5.41) is 29.5. The number of carbonyl (C=O) groups is 1. The van der Waals surface area contributed by atoms with Gasteiger partial charge in [0.2, 0.25) is 0 Å². The lowest BCUT2D eigenvalue weighted by molar-refractivity contribution is -0.179. The van der Waals surface area contributed by atoms with Gasteiger partial charge in [0.1, 0.15) is 23.7 Å². The predicted octanol–water partition coefficient (Wildman–Crippen LogP) is 2.23. The Bertz CT molecular complexity index is 757. The first-order valence-corrected chi connectivity index (χ1v) is 8.49. The molecule has 0 aromatic heterocycles. The number of carbonyl (C=O) groups excluding carboxylic acids is 1. The summed E-state index contributed by atoms with van der Waals surface area (Å²) in [4.78, 5) is 11.3. The minimum absolute atomic E-state index is 0.0148. The molecule has 3 rings (SSSR count). The van der Waals surface area contributed by atoms with Gasteiger partial charge in [-0.2, -0.15) is 0 Å². The molecule has 0 radical (unpaired) electrons. The third-order valence-corrected chi connectivity index (χ3v) is 4.43. The maximum Gasteiger partial charge on any atom is 0.159 e. The molecule has 2 aromatic carbocycles. The van der Waals surface area contributed by atoms with Crippen LogP contribution in [0.4, 0.5) is 0 Å². The number of hydrogen-bond acceptors (Lipinski definition) is 6. The largest absolute Gasteiger partial charge is 0.457 e. The molecular formula is C20H22O6. The molecule has 0 saturated carbocycles. The molecule has 4 atom stereocenters. The van der Waals surface area contributed by atoms with Gasteiger partial charge < -0.3 is 24.8 Å². The SMILES string of the molecule is CC(=O)c1ccc(Oc2cccc([C@H]3O[C@H](CO)C[C@H](O)[C@@H]3O)c2)cc1. The van der Waals surface area contributed by atoms with Crippen LogP contribution in [0.1, 0.15) is 35.4 Å². The molecule has 6 nitrogen and oxygen atoms in total. The van der Waals surface area contributed by atoms with Crippen LogP contribution in [0.15, 0.2) is 48.5 Å². The first-order valence-electron chi connectivity index (χ1n) is 8.49. The molecule has 1 heterocycles. The van der Waals surface area contributed by atoms with E-state index < -0.39 is 24.4 Å². The summed E-state index contributed by atoms with van der Waals surface area (Å²) in [5.74, 6) is 1.10. The Labute approximate surface area is 151 Å². The number of ether oxygens (including phenoxy) is 2. The van der Waals surface area contributed by atoms with Crippen molar-refractivity contribution in [1.29, 1.82) is 0 Å². The van der Waals surface area contributed by atoms with Crippen molar-refractivity contribution >= 4 is 5.78 Å². The highest BCUT2D eigenvalue weighted by Gasteiger charge is 2.37. The second-order valence-corrected chi connectivity index (χ2v) is 6.41. The van der Waals surface area contributed by atoms with Crippen LogP contribution < -0.4 is 4.74 Å². The Kier molecular flexibility index (Phi) is 5.68. The molecule has 1 saturated heterocycles. The Morgan fingerprint density at radius 2 is 1.88 bits per heavy atom. The lowest BCUT2D eigenvalue weighted by atomic mass is 9.93. The molecule has 26 heavy (non-hydrogen) atoms. The summed E-state index contributed by atoms with van der Waals surface area (Å²) in [5.41, 5.74) is 1.25. The van der Waals surface area contributed by atoms with E-state index in [1.165, 1.54) is 6.92 Å². The van der Waals surface area contributed by atoms with Crippen molar-refractivity contribution in [2.24, 2.45) is 0 Å². The topological polar surface area (TPSA) is 96.2 Å². The average Bonchev–Trinajstić information content (AvgIpc) is 2.64. The van der Waals surface area contributed by atoms with Crippen LogP contribution in [0.2, 0.25) is 0 Å². The third kappa shape index (κ3) is 4.11. The van der Waals surface area contributed by atoms with E-state index in [0.29, 0.717) is 22.6 Å². The van der Waals surface area contributed by atoms with E-state index in [1.807, 2.05) is 0 Å². The zero-order chi connectivity index (χ0) is 18.7. The second kappa shape index (κ2) is 7.97. The fraction of sp³-hybridized carbons (Fsp3) is 0.350. The number of Topliss-reactive ketones (excluding diaryl/α,β-unsaturated/α-hetero) is 1. The van der Waals surface area contributed by atoms with Gasteiger partial charge in [0, 0.05) is 12.0 Å². The number of benzene rings is 2. The molecule has 0 aliphatic carbocycles. The molecule has 6 heteroatoms. The normalized spacial score (nSPS) is 25.7. The van der Waals surface area contributed by atoms with Crippen LogP contribution >= 0.6 is 0 Å². The molecular weight excluding hydrogens is 336 g/mol. The van der Waals surface area contributed by atoms with Gasteiger partial charge in [-0.3, -0.25) is 4.79 Å². The van der Waals surface area contributed by atoms with Gasteiger partial charge in [-0.15, -0.1) is 0 Å². The van der Waals surface area contributed by atoms with E-state index in [4.69, 9.17) is 9.47 Å². The first kappa shape index (κ1) is 18.5. The van der Waals surface area contributed by atoms with E-state index in [-0.39, 0.29) is 18.8 Å². The lowest BCUT2D eigenvalue weighted by Crippen LogP contribution is -2.44. The third-order valence-electron chi connectivity index (χ3n) is 4.43. The molecule has 1 fully saturated rings. The monoisotopic (exact) mass is 358 g/mol. The number of rotatable bonds is 5. The lowest BCUT2D eigenvalue weighted by Gasteiger charge is -2.36. The number of ketones is 1. The van der Waals surface area contributed by atoms with E-state index in [1.54, 1.807) is 48.5 Å². The highest BCUT2D eigenvalue weighted by molar-refractivity contribution is 5.94. The van der Waals surface area contributed by atoms with Crippen molar-refractivity contribution in [2.45, 2.75) is 37.8 Å². The summed E-state index contributed by atoms with van der Waals surface area (Å²) in [6.45, 7) is 1.28. The fourth-order valence-corrected chi connectivity index (χ4v) is 3.00. The van der Waals surface area contributed by atoms with Crippen molar-refractivity contribution in [2.75, 3.05) is 6.61 Å². The summed E-state index contributed by atoms with van der Waals surface area (Å²) >= 11 is 0. The number of aliphatic hydroxyl groups excluding tert-OH is 3. The van der Waals surface area contributed by atoms with Crippen molar-refractivity contribution in [1.82, 2.24) is 0 Å². The maximum absolute atomic E-state index is 11.3. The Hall–Kier alpha value is -2.25. The summed E-state index contributed by atoms with van der Waals surface area (Å²) < 4.78 is 11.5. The van der Waals surface area contributed by atoms with E-state index >= 15 is 0 Å². The molecule has 0 amide bonds. The minimum atomic E-state index is -1.08. The highest BCUT2D eigenvalue weighted by atomic mass is 16.5. The smallest absolute Gasteiger partial charge is 0.159 e. The molecule has 2 aromatic rings. The van der Waals surface area contributed by atoms with E-state index in [0.717, 1.165) is 0 Å². The van der Waals surface area contributed by atoms with Crippen LogP contribution in [0.5, 0.6) is 11.5 Å². The van der Waals surface area contributed by atoms with Crippen molar-refractivity contribution in [3.8, 4) is 11.5 Å². The van der Waals surface area contributed by atoms with Gasteiger partial charge in [0.05, 0.1) is 18.8 Å². The summed E-state index contributed by atoms with van der Waals surface area (Å²) in [6, 6.07) is 13.8. The molecule has 138 valence electrons. The highest BCUT2D eigenvalue weighted by Crippen LogP contribution is 2.34. The van der Waals surface area contributed by atoms with Crippen molar-refractivity contribution in [3.63, 3.8) is 0 Å². The van der Waals surface area contributed by atoms with Crippen molar-refractivity contribution in [3.05, 3.63) is 59.7 Å². The van der Waals surface area contributed by atoms with Gasteiger partial charge >= 0.3 is 0 Å². The fourth-order valence-electron chi connectivity index (χ4n) is 3.00. The summed E-state index contributed by atoms with van der Waals surface area (Å²) in [7, 11) is 0. The minimum Gasteiger partial charge on any atom is -0.457 e. The molecule has 3 N–H and O–H groups in total. The van der Waals surface area contributed by atoms with Crippen LogP contribution in [0.3, 0.4) is 0 Å². The van der Waals surface area contributed by atoms with Crippen molar-refractivity contribution < 1.29 is 29.6 Å². The van der Waals surface area contributed by atoms with E-state index in [2.05, 4.69) is 0 Å². The quantitative estimate of drug-likeness (QED) is 0.710. The van der Waals surface area contributed by atoms with E-state index in [9.17, 15) is 20.1 Å². The molecule has 0 unspecified atom stereocenters. The summed E-state index contributed by atoms with van der Waals surface area (Å²) in [6.07, 6.45) is -3.13. The average molecular weight is 358 g/mol.